The lowest BCUT2D eigenvalue weighted by atomic mass is 9.49. The van der Waals surface area contributed by atoms with Crippen LogP contribution in [0.25, 0.3) is 0 Å². The van der Waals surface area contributed by atoms with Crippen LogP contribution >= 0.6 is 0 Å². The first-order valence-electron chi connectivity index (χ1n) is 39.0. The molecule has 0 aromatic heterocycles. The first-order chi connectivity index (χ1) is 43.0. The highest BCUT2D eigenvalue weighted by Gasteiger charge is 2.59. The molecule has 0 saturated heterocycles. The Balaban J connectivity index is 0.000000143. The van der Waals surface area contributed by atoms with Crippen molar-refractivity contribution in [2.24, 2.45) is 92.7 Å². The van der Waals surface area contributed by atoms with E-state index >= 15 is 0 Å². The lowest BCUT2D eigenvalue weighted by Gasteiger charge is -2.55. The zero-order valence-corrected chi connectivity index (χ0v) is 60.5. The van der Waals surface area contributed by atoms with Crippen LogP contribution in [0.5, 0.6) is 0 Å². The monoisotopic (exact) mass is 1260 g/mol. The highest BCUT2D eigenvalue weighted by atomic mass is 16.5. The van der Waals surface area contributed by atoms with E-state index in [1.54, 1.807) is 0 Å². The summed E-state index contributed by atoms with van der Waals surface area (Å²) in [5.41, 5.74) is -0.356. The maximum Gasteiger partial charge on any atom is 0.312 e. The number of unbranched alkanes of at least 4 members (excludes halogenated alkanes) is 1. The van der Waals surface area contributed by atoms with Crippen molar-refractivity contribution < 1.29 is 56.1 Å². The molecule has 16 bridgehead atoms. The number of carbonyl (C=O) groups excluding carboxylic acids is 4. The predicted octanol–water partition coefficient (Wildman–Crippen LogP) is 15.3. The molecule has 0 spiro atoms. The molecule has 12 nitrogen and oxygen atoms in total. The Bertz CT molecular complexity index is 2170. The fraction of sp³-hybridized carbons (Fsp3) is 0.949. The molecular formula is C78H140N4O8+4. The van der Waals surface area contributed by atoms with Gasteiger partial charge in [-0.05, 0) is 285 Å². The summed E-state index contributed by atoms with van der Waals surface area (Å²) in [7, 11) is 6.41. The molecule has 12 heteroatoms. The number of hydrogen-bond acceptors (Lipinski definition) is 8. The van der Waals surface area contributed by atoms with Gasteiger partial charge in [0.1, 0.15) is 52.6 Å². The van der Waals surface area contributed by atoms with Gasteiger partial charge in [-0.2, -0.15) is 0 Å². The fourth-order valence-electron chi connectivity index (χ4n) is 24.1. The summed E-state index contributed by atoms with van der Waals surface area (Å²) in [6, 6.07) is 0. The zero-order chi connectivity index (χ0) is 64.6. The third-order valence-corrected chi connectivity index (χ3v) is 27.7. The molecule has 0 aromatic rings. The molecule has 516 valence electrons. The van der Waals surface area contributed by atoms with Gasteiger partial charge in [0.15, 0.2) is 0 Å². The van der Waals surface area contributed by atoms with E-state index in [0.29, 0.717) is 26.4 Å². The van der Waals surface area contributed by atoms with Gasteiger partial charge in [0.2, 0.25) is 0 Å². The van der Waals surface area contributed by atoms with Gasteiger partial charge >= 0.3 is 23.9 Å². The van der Waals surface area contributed by atoms with Crippen LogP contribution in [-0.2, 0) is 38.1 Å². The first-order valence-corrected chi connectivity index (χ1v) is 39.0. The zero-order valence-electron chi connectivity index (χ0n) is 60.5. The van der Waals surface area contributed by atoms with Crippen molar-refractivity contribution in [3.8, 4) is 0 Å². The Morgan fingerprint density at radius 2 is 0.478 bits per heavy atom. The molecule has 0 heterocycles. The van der Waals surface area contributed by atoms with Crippen LogP contribution in [-0.4, -0.2) is 174 Å². The maximum atomic E-state index is 13.0. The average Bonchev–Trinajstić information content (AvgIpc) is 0.775. The van der Waals surface area contributed by atoms with Gasteiger partial charge in [0.05, 0.1) is 102 Å². The van der Waals surface area contributed by atoms with E-state index in [1.165, 1.54) is 135 Å². The van der Waals surface area contributed by atoms with Gasteiger partial charge < -0.3 is 36.9 Å². The topological polar surface area (TPSA) is 105 Å². The molecule has 16 rings (SSSR count). The lowest BCUT2D eigenvalue weighted by Crippen LogP contribution is -2.53. The molecule has 16 saturated carbocycles. The van der Waals surface area contributed by atoms with E-state index in [4.69, 9.17) is 18.9 Å². The number of rotatable bonds is 30. The van der Waals surface area contributed by atoms with Gasteiger partial charge in [0, 0.05) is 0 Å². The number of carbonyl (C=O) groups is 4. The summed E-state index contributed by atoms with van der Waals surface area (Å²) in [6.07, 6.45) is 36.2. The van der Waals surface area contributed by atoms with Crippen molar-refractivity contribution in [3.05, 3.63) is 0 Å². The summed E-state index contributed by atoms with van der Waals surface area (Å²) in [6.45, 7) is 37.2. The molecule has 0 aromatic carbocycles. The number of likely N-dealkylation sites (N-methyl/N-ethyl adjacent to an activating group) is 4. The van der Waals surface area contributed by atoms with Gasteiger partial charge in [-0.1, -0.05) is 34.1 Å². The minimum absolute atomic E-state index is 0.0837. The van der Waals surface area contributed by atoms with Crippen molar-refractivity contribution in [1.29, 1.82) is 0 Å². The molecule has 16 aliphatic rings. The fourth-order valence-corrected chi connectivity index (χ4v) is 24.1. The Morgan fingerprint density at radius 1 is 0.278 bits per heavy atom. The molecule has 90 heavy (non-hydrogen) atoms. The van der Waals surface area contributed by atoms with Gasteiger partial charge in [-0.15, -0.1) is 0 Å². The average molecular weight is 1260 g/mol. The molecule has 16 aliphatic carbocycles. The third kappa shape index (κ3) is 17.1. The Hall–Kier alpha value is -2.28. The lowest BCUT2D eigenvalue weighted by molar-refractivity contribution is -0.927. The second-order valence-corrected chi connectivity index (χ2v) is 35.4. The van der Waals surface area contributed by atoms with E-state index in [9.17, 15) is 19.2 Å². The van der Waals surface area contributed by atoms with Gasteiger partial charge in [-0.3, -0.25) is 19.2 Å². The van der Waals surface area contributed by atoms with Crippen LogP contribution < -0.4 is 0 Å². The highest BCUT2D eigenvalue weighted by molar-refractivity contribution is 5.79. The van der Waals surface area contributed by atoms with Crippen LogP contribution in [0.3, 0.4) is 0 Å². The van der Waals surface area contributed by atoms with Crippen molar-refractivity contribution in [2.45, 2.75) is 249 Å². The smallest absolute Gasteiger partial charge is 0.312 e. The van der Waals surface area contributed by atoms with E-state index < -0.39 is 0 Å². The Labute approximate surface area is 551 Å². The number of hydrogen-bond donors (Lipinski definition) is 0. The number of esters is 4. The van der Waals surface area contributed by atoms with Crippen LogP contribution in [0, 0.1) is 92.7 Å². The molecule has 1 unspecified atom stereocenters. The first kappa shape index (κ1) is 72.0. The van der Waals surface area contributed by atoms with Crippen LogP contribution in [0.15, 0.2) is 0 Å². The van der Waals surface area contributed by atoms with Gasteiger partial charge in [0.25, 0.3) is 0 Å². The molecule has 16 fully saturated rings. The second kappa shape index (κ2) is 30.8. The standard InChI is InChI=1S/C22H40NO2.C21H38NO2.C19H34NO2.C16H28NO2/c1-4-7-9-23(6-3,8-5-2)10-11-25-21(24)22-15-18-12-19(16-22)14-20(13-18)17-22;1-4-7-22(6-3,8-5-2)9-10-24-20(23)21-14-17-11-18(15-21)13-19(12-17)16-21;1-4-20(5-2,6-3)7-8-22-18(21)19-12-15-9-16(13-19)11-17(10-15)14-19;1-17(2,3)4-5-19-15(18)16-9-12-6-13(10-16)8-14(7-12)11-16/h18-20H,4-17H2,1-3H3;17-19H,4-16H2,1-3H3;15-17H,4-14H2,1-3H3;12-14H,4-11H2,1-3H3/q4*+1. The molecule has 0 aliphatic heterocycles. The molecule has 0 radical (unpaired) electrons. The normalized spacial score (nSPS) is 36.6. The SMILES string of the molecule is CCCC[N+](CC)(CCC)CCOC(=O)C12CC3CC(CC(C3)C1)C2.CCC[N+](CC)(CCC)CCOC(=O)C12CC3CC(CC(C3)C1)C2.CC[N+](CC)(CC)CCOC(=O)C12CC3CC(CC(C3)C1)C2.C[N+](C)(C)CCOC(=O)C12CC3CC(CC(C3)C1)C2. The molecule has 1 atom stereocenters. The van der Waals surface area contributed by atoms with Crippen molar-refractivity contribution in [1.82, 2.24) is 0 Å². The van der Waals surface area contributed by atoms with Crippen molar-refractivity contribution >= 4 is 23.9 Å². The Kier molecular flexibility index (Phi) is 24.7. The summed E-state index contributed by atoms with van der Waals surface area (Å²) in [4.78, 5) is 51.3. The Morgan fingerprint density at radius 3 is 0.667 bits per heavy atom. The quantitative estimate of drug-likeness (QED) is 0.0398. The minimum atomic E-state index is -0.0925. The maximum absolute atomic E-state index is 13.0. The van der Waals surface area contributed by atoms with Crippen LogP contribution in [0.2, 0.25) is 0 Å². The summed E-state index contributed by atoms with van der Waals surface area (Å²) in [5, 5.41) is 0. The van der Waals surface area contributed by atoms with Crippen LogP contribution in [0.1, 0.15) is 249 Å². The largest absolute Gasteiger partial charge is 0.459 e. The second-order valence-electron chi connectivity index (χ2n) is 35.4. The van der Waals surface area contributed by atoms with E-state index in [-0.39, 0.29) is 45.5 Å². The van der Waals surface area contributed by atoms with Crippen LogP contribution in [0.4, 0.5) is 0 Å². The summed E-state index contributed by atoms with van der Waals surface area (Å²) < 4.78 is 27.5. The number of ether oxygens (including phenoxy) is 4. The number of quaternary nitrogens is 4. The predicted molar refractivity (Wildman–Crippen MR) is 362 cm³/mol. The van der Waals surface area contributed by atoms with Gasteiger partial charge in [-0.25, -0.2) is 0 Å². The summed E-state index contributed by atoms with van der Waals surface area (Å²) >= 11 is 0. The van der Waals surface area contributed by atoms with Crippen molar-refractivity contribution in [3.63, 3.8) is 0 Å². The highest BCUT2D eigenvalue weighted by Crippen LogP contribution is 2.64. The van der Waals surface area contributed by atoms with E-state index in [1.807, 2.05) is 0 Å². The minimum Gasteiger partial charge on any atom is -0.459 e. The third-order valence-electron chi connectivity index (χ3n) is 27.7. The molecular weight excluding hydrogens is 1120 g/mol. The molecule has 0 N–H and O–H groups in total. The number of nitrogens with zero attached hydrogens (tertiary/aromatic N) is 4. The summed E-state index contributed by atoms with van der Waals surface area (Å²) in [5.74, 6) is 10.4. The van der Waals surface area contributed by atoms with Crippen molar-refractivity contribution in [2.75, 3.05) is 133 Å². The van der Waals surface area contributed by atoms with E-state index in [0.717, 1.165) is 225 Å². The van der Waals surface area contributed by atoms with E-state index in [2.05, 4.69) is 83.5 Å². The molecule has 0 amide bonds.